The van der Waals surface area contributed by atoms with Crippen LogP contribution in [0.3, 0.4) is 0 Å². The van der Waals surface area contributed by atoms with Crippen LogP contribution in [0.2, 0.25) is 0 Å². The highest BCUT2D eigenvalue weighted by molar-refractivity contribution is 7.88. The molecule has 1 aromatic carbocycles. The number of hydrogen-bond donors (Lipinski definition) is 1. The van der Waals surface area contributed by atoms with E-state index in [0.717, 1.165) is 11.8 Å². The predicted molar refractivity (Wildman–Crippen MR) is 68.2 cm³/mol. The molecule has 19 heavy (non-hydrogen) atoms. The van der Waals surface area contributed by atoms with Crippen LogP contribution in [0, 0.1) is 11.7 Å². The summed E-state index contributed by atoms with van der Waals surface area (Å²) < 4.78 is 36.2. The van der Waals surface area contributed by atoms with E-state index >= 15 is 0 Å². The number of nitrogens with one attached hydrogen (secondary N) is 1. The Morgan fingerprint density at radius 1 is 1.37 bits per heavy atom. The van der Waals surface area contributed by atoms with E-state index in [-0.39, 0.29) is 30.7 Å². The summed E-state index contributed by atoms with van der Waals surface area (Å²) in [6.07, 6.45) is 1.12. The molecule has 1 N–H and O–H groups in total. The fourth-order valence-corrected chi connectivity index (χ4v) is 2.71. The Bertz CT molecular complexity index is 565. The van der Waals surface area contributed by atoms with E-state index in [4.69, 9.17) is 0 Å². The molecule has 0 unspecified atom stereocenters. The Hall–Kier alpha value is -1.47. The summed E-state index contributed by atoms with van der Waals surface area (Å²) in [4.78, 5) is 11.7. The molecule has 1 amide bonds. The number of carbonyl (C=O) groups is 1. The maximum atomic E-state index is 12.7. The summed E-state index contributed by atoms with van der Waals surface area (Å²) in [5.41, 5.74) is 0.800. The molecular weight excluding hydrogens is 271 g/mol. The third kappa shape index (κ3) is 3.51. The SMILES string of the molecule is CS(=O)(=O)N1CC(C(=O)NCc2ccc(F)cc2)C1. The second-order valence-electron chi connectivity index (χ2n) is 4.62. The molecule has 0 bridgehead atoms. The zero-order valence-corrected chi connectivity index (χ0v) is 11.3. The first kappa shape index (κ1) is 14.0. The van der Waals surface area contributed by atoms with Gasteiger partial charge in [0.1, 0.15) is 5.82 Å². The van der Waals surface area contributed by atoms with E-state index in [1.165, 1.54) is 16.4 Å². The minimum absolute atomic E-state index is 0.177. The van der Waals surface area contributed by atoms with E-state index < -0.39 is 10.0 Å². The van der Waals surface area contributed by atoms with Gasteiger partial charge in [-0.25, -0.2) is 17.1 Å². The van der Waals surface area contributed by atoms with Crippen molar-refractivity contribution in [3.63, 3.8) is 0 Å². The smallest absolute Gasteiger partial charge is 0.226 e. The van der Waals surface area contributed by atoms with Crippen LogP contribution < -0.4 is 5.32 Å². The molecule has 0 spiro atoms. The predicted octanol–water partition coefficient (Wildman–Crippen LogP) is 0.333. The van der Waals surface area contributed by atoms with Crippen LogP contribution >= 0.6 is 0 Å². The fourth-order valence-electron chi connectivity index (χ4n) is 1.81. The average Bonchev–Trinajstić information content (AvgIpc) is 2.24. The number of carbonyl (C=O) groups excluding carboxylic acids is 1. The van der Waals surface area contributed by atoms with Crippen LogP contribution in [-0.4, -0.2) is 38.0 Å². The molecule has 2 rings (SSSR count). The van der Waals surface area contributed by atoms with Crippen molar-refractivity contribution in [1.29, 1.82) is 0 Å². The van der Waals surface area contributed by atoms with Gasteiger partial charge in [-0.1, -0.05) is 12.1 Å². The van der Waals surface area contributed by atoms with Gasteiger partial charge in [0.25, 0.3) is 0 Å². The van der Waals surface area contributed by atoms with E-state index in [0.29, 0.717) is 6.54 Å². The maximum Gasteiger partial charge on any atom is 0.226 e. The second-order valence-corrected chi connectivity index (χ2v) is 6.60. The standard InChI is InChI=1S/C12H15FN2O3S/c1-19(17,18)15-7-10(8-15)12(16)14-6-9-2-4-11(13)5-3-9/h2-5,10H,6-8H2,1H3,(H,14,16). The minimum atomic E-state index is -3.19. The zero-order valence-electron chi connectivity index (χ0n) is 10.5. The quantitative estimate of drug-likeness (QED) is 0.867. The van der Waals surface area contributed by atoms with Gasteiger partial charge in [-0.05, 0) is 17.7 Å². The first-order chi connectivity index (χ1) is 8.86. The average molecular weight is 286 g/mol. The molecule has 0 saturated carbocycles. The largest absolute Gasteiger partial charge is 0.352 e. The molecule has 1 aromatic rings. The van der Waals surface area contributed by atoms with Crippen LogP contribution in [0.5, 0.6) is 0 Å². The van der Waals surface area contributed by atoms with E-state index in [1.54, 1.807) is 12.1 Å². The monoisotopic (exact) mass is 286 g/mol. The number of benzene rings is 1. The molecule has 1 saturated heterocycles. The van der Waals surface area contributed by atoms with Crippen LogP contribution in [0.1, 0.15) is 5.56 Å². The number of sulfonamides is 1. The maximum absolute atomic E-state index is 12.7. The number of amides is 1. The molecule has 1 heterocycles. The summed E-state index contributed by atoms with van der Waals surface area (Å²) in [6.45, 7) is 0.774. The van der Waals surface area contributed by atoms with Gasteiger partial charge in [-0.3, -0.25) is 4.79 Å². The molecule has 7 heteroatoms. The summed E-state index contributed by atoms with van der Waals surface area (Å²) >= 11 is 0. The molecular formula is C12H15FN2O3S. The van der Waals surface area contributed by atoms with Crippen LogP contribution in [0.15, 0.2) is 24.3 Å². The van der Waals surface area contributed by atoms with Crippen molar-refractivity contribution in [2.45, 2.75) is 6.54 Å². The Morgan fingerprint density at radius 3 is 2.47 bits per heavy atom. The number of hydrogen-bond acceptors (Lipinski definition) is 3. The van der Waals surface area contributed by atoms with Crippen molar-refractivity contribution in [3.05, 3.63) is 35.6 Å². The van der Waals surface area contributed by atoms with Gasteiger partial charge in [0, 0.05) is 19.6 Å². The lowest BCUT2D eigenvalue weighted by molar-refractivity contribution is -0.128. The molecule has 5 nitrogen and oxygen atoms in total. The van der Waals surface area contributed by atoms with Crippen LogP contribution in [0.4, 0.5) is 4.39 Å². The molecule has 1 fully saturated rings. The minimum Gasteiger partial charge on any atom is -0.352 e. The number of rotatable bonds is 4. The second kappa shape index (κ2) is 5.26. The summed E-state index contributed by atoms with van der Waals surface area (Å²) in [5.74, 6) is -0.794. The fraction of sp³-hybridized carbons (Fsp3) is 0.417. The van der Waals surface area contributed by atoms with Gasteiger partial charge < -0.3 is 5.32 Å². The van der Waals surface area contributed by atoms with Crippen molar-refractivity contribution in [3.8, 4) is 0 Å². The highest BCUT2D eigenvalue weighted by Crippen LogP contribution is 2.18. The zero-order chi connectivity index (χ0) is 14.0. The number of halogens is 1. The lowest BCUT2D eigenvalue weighted by Gasteiger charge is -2.35. The van der Waals surface area contributed by atoms with Crippen LogP contribution in [-0.2, 0) is 21.4 Å². The molecule has 1 aliphatic rings. The van der Waals surface area contributed by atoms with E-state index in [9.17, 15) is 17.6 Å². The first-order valence-electron chi connectivity index (χ1n) is 5.83. The Labute approximate surface area is 111 Å². The van der Waals surface area contributed by atoms with Crippen molar-refractivity contribution < 1.29 is 17.6 Å². The third-order valence-electron chi connectivity index (χ3n) is 3.07. The van der Waals surface area contributed by atoms with Gasteiger partial charge in [-0.2, -0.15) is 0 Å². The molecule has 104 valence electrons. The summed E-state index contributed by atoms with van der Waals surface area (Å²) in [6, 6.07) is 5.85. The molecule has 0 aromatic heterocycles. The topological polar surface area (TPSA) is 66.5 Å². The molecule has 0 aliphatic carbocycles. The highest BCUT2D eigenvalue weighted by Gasteiger charge is 2.37. The Balaban J connectivity index is 1.79. The number of nitrogens with zero attached hydrogens (tertiary/aromatic N) is 1. The Kier molecular flexibility index (Phi) is 3.86. The lowest BCUT2D eigenvalue weighted by atomic mass is 10.0. The van der Waals surface area contributed by atoms with Gasteiger partial charge in [0.05, 0.1) is 12.2 Å². The molecule has 0 atom stereocenters. The van der Waals surface area contributed by atoms with Crippen molar-refractivity contribution in [1.82, 2.24) is 9.62 Å². The Morgan fingerprint density at radius 2 is 1.95 bits per heavy atom. The van der Waals surface area contributed by atoms with Crippen molar-refractivity contribution >= 4 is 15.9 Å². The van der Waals surface area contributed by atoms with E-state index in [2.05, 4.69) is 5.32 Å². The molecule has 1 aliphatic heterocycles. The lowest BCUT2D eigenvalue weighted by Crippen LogP contribution is -2.55. The van der Waals surface area contributed by atoms with Gasteiger partial charge >= 0.3 is 0 Å². The third-order valence-corrected chi connectivity index (χ3v) is 4.30. The van der Waals surface area contributed by atoms with Crippen molar-refractivity contribution in [2.75, 3.05) is 19.3 Å². The van der Waals surface area contributed by atoms with Crippen LogP contribution in [0.25, 0.3) is 0 Å². The normalized spacial score (nSPS) is 16.9. The highest BCUT2D eigenvalue weighted by atomic mass is 32.2. The van der Waals surface area contributed by atoms with E-state index in [1.807, 2.05) is 0 Å². The van der Waals surface area contributed by atoms with Gasteiger partial charge in [0.15, 0.2) is 0 Å². The van der Waals surface area contributed by atoms with Gasteiger partial charge in [0.2, 0.25) is 15.9 Å². The van der Waals surface area contributed by atoms with Crippen molar-refractivity contribution in [2.24, 2.45) is 5.92 Å². The summed E-state index contributed by atoms with van der Waals surface area (Å²) in [5, 5.41) is 2.71. The summed E-state index contributed by atoms with van der Waals surface area (Å²) in [7, 11) is -3.19. The molecule has 0 radical (unpaired) electrons. The van der Waals surface area contributed by atoms with Gasteiger partial charge in [-0.15, -0.1) is 0 Å². The first-order valence-corrected chi connectivity index (χ1v) is 7.68.